The van der Waals surface area contributed by atoms with Crippen molar-refractivity contribution in [3.8, 4) is 0 Å². The average molecular weight is 437 g/mol. The molecule has 1 atom stereocenters. The number of likely N-dealkylation sites (tertiary alicyclic amines) is 1. The summed E-state index contributed by atoms with van der Waals surface area (Å²) in [7, 11) is -1.11. The number of rotatable bonds is 5. The van der Waals surface area contributed by atoms with Crippen LogP contribution in [0.15, 0.2) is 47.4 Å². The zero-order valence-electron chi connectivity index (χ0n) is 14.2. The van der Waals surface area contributed by atoms with Crippen molar-refractivity contribution in [1.82, 2.24) is 4.90 Å². The van der Waals surface area contributed by atoms with Gasteiger partial charge in [-0.1, -0.05) is 35.3 Å². The van der Waals surface area contributed by atoms with Crippen molar-refractivity contribution in [1.29, 1.82) is 0 Å². The molecule has 2 aromatic rings. The number of hydrogen-bond acceptors (Lipinski definition) is 2. The second-order valence-corrected chi connectivity index (χ2v) is 8.83. The standard InChI is InChI=1S/C19H20Cl2FNOS.ClH/c20-15-3-6-19(18(21)13-15)25(24)17-8-11-23(12-9-17)10-7-14-1-4-16(22)5-2-14;/h1-6,13,17H,7-12H2;1H. The van der Waals surface area contributed by atoms with Crippen molar-refractivity contribution < 1.29 is 8.60 Å². The van der Waals surface area contributed by atoms with E-state index >= 15 is 0 Å². The maximum absolute atomic E-state index is 12.9. The fraction of sp³-hybridized carbons (Fsp3) is 0.368. The third-order valence-electron chi connectivity index (χ3n) is 4.58. The monoisotopic (exact) mass is 435 g/mol. The van der Waals surface area contributed by atoms with Crippen LogP contribution in [0.2, 0.25) is 10.0 Å². The van der Waals surface area contributed by atoms with Crippen molar-refractivity contribution in [2.24, 2.45) is 0 Å². The molecule has 26 heavy (non-hydrogen) atoms. The molecule has 0 spiro atoms. The van der Waals surface area contributed by atoms with Crippen LogP contribution in [0.3, 0.4) is 0 Å². The molecule has 0 aromatic heterocycles. The molecule has 2 aromatic carbocycles. The molecule has 2 nitrogen and oxygen atoms in total. The first-order valence-corrected chi connectivity index (χ1v) is 10.3. The Labute approximate surface area is 172 Å². The van der Waals surface area contributed by atoms with Gasteiger partial charge in [0.25, 0.3) is 0 Å². The zero-order valence-corrected chi connectivity index (χ0v) is 17.3. The van der Waals surface area contributed by atoms with Gasteiger partial charge in [-0.2, -0.15) is 0 Å². The van der Waals surface area contributed by atoms with E-state index in [2.05, 4.69) is 4.90 Å². The number of halogens is 4. The van der Waals surface area contributed by atoms with Crippen LogP contribution < -0.4 is 0 Å². The minimum Gasteiger partial charge on any atom is -0.303 e. The highest BCUT2D eigenvalue weighted by Gasteiger charge is 2.25. The van der Waals surface area contributed by atoms with E-state index in [0.717, 1.165) is 44.5 Å². The molecule has 1 heterocycles. The van der Waals surface area contributed by atoms with E-state index in [1.165, 1.54) is 12.1 Å². The van der Waals surface area contributed by atoms with Gasteiger partial charge in [0.1, 0.15) is 5.82 Å². The first-order valence-electron chi connectivity index (χ1n) is 8.35. The van der Waals surface area contributed by atoms with Crippen LogP contribution in [0.25, 0.3) is 0 Å². The van der Waals surface area contributed by atoms with E-state index in [0.29, 0.717) is 14.9 Å². The third-order valence-corrected chi connectivity index (χ3v) is 7.10. The largest absolute Gasteiger partial charge is 0.303 e. The second kappa shape index (κ2) is 10.0. The second-order valence-electron chi connectivity index (χ2n) is 6.29. The Morgan fingerprint density at radius 1 is 1.08 bits per heavy atom. The van der Waals surface area contributed by atoms with Crippen LogP contribution in [0.4, 0.5) is 4.39 Å². The third kappa shape index (κ3) is 5.67. The summed E-state index contributed by atoms with van der Waals surface area (Å²) in [6.45, 7) is 2.78. The van der Waals surface area contributed by atoms with Crippen LogP contribution in [0.1, 0.15) is 18.4 Å². The summed E-state index contributed by atoms with van der Waals surface area (Å²) in [5.74, 6) is -0.201. The van der Waals surface area contributed by atoms with Gasteiger partial charge in [-0.25, -0.2) is 4.39 Å². The van der Waals surface area contributed by atoms with Crippen LogP contribution in [0.5, 0.6) is 0 Å². The molecule has 1 fully saturated rings. The summed E-state index contributed by atoms with van der Waals surface area (Å²) in [5, 5.41) is 1.16. The van der Waals surface area contributed by atoms with E-state index in [1.54, 1.807) is 18.2 Å². The van der Waals surface area contributed by atoms with E-state index in [-0.39, 0.29) is 23.5 Å². The first kappa shape index (κ1) is 21.6. The molecule has 0 amide bonds. The normalized spacial score (nSPS) is 16.9. The first-order chi connectivity index (χ1) is 12.0. The average Bonchev–Trinajstić information content (AvgIpc) is 2.61. The quantitative estimate of drug-likeness (QED) is 0.628. The lowest BCUT2D eigenvalue weighted by Gasteiger charge is -2.31. The maximum Gasteiger partial charge on any atom is 0.123 e. The van der Waals surface area contributed by atoms with Gasteiger partial charge in [0.2, 0.25) is 0 Å². The van der Waals surface area contributed by atoms with Crippen molar-refractivity contribution in [3.05, 3.63) is 63.9 Å². The van der Waals surface area contributed by atoms with E-state index in [1.807, 2.05) is 12.1 Å². The minimum absolute atomic E-state index is 0. The molecule has 3 rings (SSSR count). The SMILES string of the molecule is Cl.O=S(c1ccc(Cl)cc1Cl)C1CCN(CCc2ccc(F)cc2)CC1. The Balaban J connectivity index is 0.00000243. The highest BCUT2D eigenvalue weighted by Crippen LogP contribution is 2.28. The zero-order chi connectivity index (χ0) is 17.8. The van der Waals surface area contributed by atoms with Gasteiger partial charge < -0.3 is 4.90 Å². The fourth-order valence-electron chi connectivity index (χ4n) is 3.10. The van der Waals surface area contributed by atoms with Crippen molar-refractivity contribution in [3.63, 3.8) is 0 Å². The van der Waals surface area contributed by atoms with Crippen LogP contribution in [-0.4, -0.2) is 34.0 Å². The van der Waals surface area contributed by atoms with Gasteiger partial charge in [0, 0.05) is 16.8 Å². The van der Waals surface area contributed by atoms with Crippen molar-refractivity contribution >= 4 is 46.4 Å². The van der Waals surface area contributed by atoms with Crippen LogP contribution >= 0.6 is 35.6 Å². The van der Waals surface area contributed by atoms with E-state index in [4.69, 9.17) is 23.2 Å². The number of nitrogens with zero attached hydrogens (tertiary/aromatic N) is 1. The van der Waals surface area contributed by atoms with Gasteiger partial charge in [-0.15, -0.1) is 12.4 Å². The lowest BCUT2D eigenvalue weighted by Crippen LogP contribution is -2.38. The highest BCUT2D eigenvalue weighted by atomic mass is 35.5. The van der Waals surface area contributed by atoms with E-state index in [9.17, 15) is 8.60 Å². The molecule has 1 aliphatic rings. The van der Waals surface area contributed by atoms with Crippen molar-refractivity contribution in [2.75, 3.05) is 19.6 Å². The Kier molecular flexibility index (Phi) is 8.37. The molecule has 0 N–H and O–H groups in total. The molecule has 142 valence electrons. The smallest absolute Gasteiger partial charge is 0.123 e. The Morgan fingerprint density at radius 3 is 2.35 bits per heavy atom. The summed E-state index contributed by atoms with van der Waals surface area (Å²) < 4.78 is 25.7. The molecule has 1 unspecified atom stereocenters. The molecule has 7 heteroatoms. The Hall–Kier alpha value is -0.650. The lowest BCUT2D eigenvalue weighted by molar-refractivity contribution is 0.234. The summed E-state index contributed by atoms with van der Waals surface area (Å²) in [5.41, 5.74) is 1.14. The number of benzene rings is 2. The maximum atomic E-state index is 12.9. The minimum atomic E-state index is -1.11. The summed E-state index contributed by atoms with van der Waals surface area (Å²) in [6, 6.07) is 11.8. The van der Waals surface area contributed by atoms with Crippen molar-refractivity contribution in [2.45, 2.75) is 29.4 Å². The molecular formula is C19H21Cl3FNOS. The number of hydrogen-bond donors (Lipinski definition) is 0. The summed E-state index contributed by atoms with van der Waals surface area (Å²) >= 11 is 12.1. The molecule has 0 bridgehead atoms. The summed E-state index contributed by atoms with van der Waals surface area (Å²) in [6.07, 6.45) is 2.67. The molecule has 1 aliphatic heterocycles. The molecule has 0 radical (unpaired) electrons. The van der Waals surface area contributed by atoms with E-state index < -0.39 is 10.8 Å². The van der Waals surface area contributed by atoms with Gasteiger partial charge in [-0.3, -0.25) is 4.21 Å². The molecule has 0 aliphatic carbocycles. The van der Waals surface area contributed by atoms with Crippen LogP contribution in [0, 0.1) is 5.82 Å². The van der Waals surface area contributed by atoms with Gasteiger partial charge in [0.05, 0.1) is 20.7 Å². The predicted octanol–water partition coefficient (Wildman–Crippen LogP) is 5.37. The molecule has 0 saturated carbocycles. The topological polar surface area (TPSA) is 20.3 Å². The van der Waals surface area contributed by atoms with Gasteiger partial charge in [0.15, 0.2) is 0 Å². The molecule has 1 saturated heterocycles. The van der Waals surface area contributed by atoms with Gasteiger partial charge >= 0.3 is 0 Å². The number of piperidine rings is 1. The highest BCUT2D eigenvalue weighted by molar-refractivity contribution is 7.85. The Morgan fingerprint density at radius 2 is 1.73 bits per heavy atom. The Bertz CT molecular complexity index is 749. The van der Waals surface area contributed by atoms with Crippen LogP contribution in [-0.2, 0) is 17.2 Å². The fourth-order valence-corrected chi connectivity index (χ4v) is 5.19. The molecular weight excluding hydrogens is 416 g/mol. The van der Waals surface area contributed by atoms with Gasteiger partial charge in [-0.05, 0) is 68.2 Å². The predicted molar refractivity (Wildman–Crippen MR) is 110 cm³/mol. The lowest BCUT2D eigenvalue weighted by atomic mass is 10.1. The summed E-state index contributed by atoms with van der Waals surface area (Å²) in [4.78, 5) is 3.05.